The SMILES string of the molecule is CC=NCCCC(C)(C)C. The molecular weight excluding hydrogens is 122 g/mol. The van der Waals surface area contributed by atoms with Crippen LogP contribution in [-0.2, 0) is 0 Å². The summed E-state index contributed by atoms with van der Waals surface area (Å²) in [5.74, 6) is 0. The molecule has 1 nitrogen and oxygen atoms in total. The third-order valence-corrected chi connectivity index (χ3v) is 1.40. The first-order valence-electron chi connectivity index (χ1n) is 4.01. The summed E-state index contributed by atoms with van der Waals surface area (Å²) in [4.78, 5) is 4.15. The van der Waals surface area contributed by atoms with Crippen molar-refractivity contribution in [3.05, 3.63) is 0 Å². The van der Waals surface area contributed by atoms with Gasteiger partial charge in [-0.3, -0.25) is 4.99 Å². The number of aliphatic imine (C=N–C) groups is 1. The lowest BCUT2D eigenvalue weighted by atomic mass is 9.91. The lowest BCUT2D eigenvalue weighted by molar-refractivity contribution is 0.368. The van der Waals surface area contributed by atoms with Gasteiger partial charge in [0.1, 0.15) is 0 Å². The van der Waals surface area contributed by atoms with Gasteiger partial charge in [-0.1, -0.05) is 20.8 Å². The average molecular weight is 141 g/mol. The third kappa shape index (κ3) is 7.67. The van der Waals surface area contributed by atoms with E-state index >= 15 is 0 Å². The van der Waals surface area contributed by atoms with E-state index in [2.05, 4.69) is 25.8 Å². The van der Waals surface area contributed by atoms with Gasteiger partial charge in [0.2, 0.25) is 0 Å². The fraction of sp³-hybridized carbons (Fsp3) is 0.889. The highest BCUT2D eigenvalue weighted by Gasteiger charge is 2.07. The van der Waals surface area contributed by atoms with Crippen molar-refractivity contribution in [2.45, 2.75) is 40.5 Å². The smallest absolute Gasteiger partial charge is 0.0385 e. The zero-order chi connectivity index (χ0) is 8.04. The number of hydrogen-bond acceptors (Lipinski definition) is 1. The summed E-state index contributed by atoms with van der Waals surface area (Å²) in [5.41, 5.74) is 0.475. The fourth-order valence-electron chi connectivity index (χ4n) is 0.830. The van der Waals surface area contributed by atoms with Crippen LogP contribution < -0.4 is 0 Å². The normalized spacial score (nSPS) is 12.8. The van der Waals surface area contributed by atoms with Crippen LogP contribution in [0.25, 0.3) is 0 Å². The minimum absolute atomic E-state index is 0.475. The Morgan fingerprint density at radius 1 is 1.30 bits per heavy atom. The van der Waals surface area contributed by atoms with Crippen LogP contribution in [-0.4, -0.2) is 12.8 Å². The van der Waals surface area contributed by atoms with Gasteiger partial charge in [0.05, 0.1) is 0 Å². The molecule has 0 aliphatic carbocycles. The Bertz CT molecular complexity index is 97.8. The molecular formula is C9H19N. The lowest BCUT2D eigenvalue weighted by Gasteiger charge is -2.16. The van der Waals surface area contributed by atoms with Crippen molar-refractivity contribution in [3.8, 4) is 0 Å². The van der Waals surface area contributed by atoms with Crippen LogP contribution in [0.5, 0.6) is 0 Å². The maximum atomic E-state index is 4.15. The van der Waals surface area contributed by atoms with Crippen molar-refractivity contribution < 1.29 is 0 Å². The van der Waals surface area contributed by atoms with E-state index < -0.39 is 0 Å². The van der Waals surface area contributed by atoms with Crippen LogP contribution >= 0.6 is 0 Å². The highest BCUT2D eigenvalue weighted by atomic mass is 14.7. The zero-order valence-electron chi connectivity index (χ0n) is 7.65. The predicted octanol–water partition coefficient (Wildman–Crippen LogP) is 2.90. The maximum absolute atomic E-state index is 4.15. The van der Waals surface area contributed by atoms with Gasteiger partial charge < -0.3 is 0 Å². The Morgan fingerprint density at radius 3 is 2.30 bits per heavy atom. The summed E-state index contributed by atoms with van der Waals surface area (Å²) in [5, 5.41) is 0. The Kier molecular flexibility index (Phi) is 4.33. The number of hydrogen-bond donors (Lipinski definition) is 0. The van der Waals surface area contributed by atoms with Crippen LogP contribution in [0.15, 0.2) is 4.99 Å². The van der Waals surface area contributed by atoms with Crippen LogP contribution in [0.1, 0.15) is 40.5 Å². The Balaban J connectivity index is 3.20. The molecule has 0 atom stereocenters. The first-order chi connectivity index (χ1) is 4.56. The minimum atomic E-state index is 0.475. The second-order valence-electron chi connectivity index (χ2n) is 3.83. The molecule has 0 saturated carbocycles. The largest absolute Gasteiger partial charge is 0.298 e. The molecule has 0 radical (unpaired) electrons. The topological polar surface area (TPSA) is 12.4 Å². The van der Waals surface area contributed by atoms with E-state index in [0.717, 1.165) is 6.54 Å². The molecule has 10 heavy (non-hydrogen) atoms. The minimum Gasteiger partial charge on any atom is -0.298 e. The third-order valence-electron chi connectivity index (χ3n) is 1.40. The average Bonchev–Trinajstić information content (AvgIpc) is 1.78. The maximum Gasteiger partial charge on any atom is 0.0385 e. The second-order valence-corrected chi connectivity index (χ2v) is 3.83. The quantitative estimate of drug-likeness (QED) is 0.423. The van der Waals surface area contributed by atoms with E-state index in [1.165, 1.54) is 12.8 Å². The van der Waals surface area contributed by atoms with Gasteiger partial charge in [-0.2, -0.15) is 0 Å². The zero-order valence-corrected chi connectivity index (χ0v) is 7.65. The van der Waals surface area contributed by atoms with Gasteiger partial charge in [-0.05, 0) is 31.4 Å². The van der Waals surface area contributed by atoms with Crippen LogP contribution in [0.4, 0.5) is 0 Å². The van der Waals surface area contributed by atoms with Gasteiger partial charge in [0.25, 0.3) is 0 Å². The molecule has 0 unspecified atom stereocenters. The monoisotopic (exact) mass is 141 g/mol. The van der Waals surface area contributed by atoms with E-state index in [4.69, 9.17) is 0 Å². The first-order valence-corrected chi connectivity index (χ1v) is 4.01. The molecule has 0 aromatic carbocycles. The fourth-order valence-corrected chi connectivity index (χ4v) is 0.830. The molecule has 0 aliphatic heterocycles. The van der Waals surface area contributed by atoms with Gasteiger partial charge in [-0.25, -0.2) is 0 Å². The summed E-state index contributed by atoms with van der Waals surface area (Å²) >= 11 is 0. The Morgan fingerprint density at radius 2 is 1.90 bits per heavy atom. The molecule has 0 heterocycles. The second kappa shape index (κ2) is 4.48. The molecule has 0 amide bonds. The highest BCUT2D eigenvalue weighted by Crippen LogP contribution is 2.19. The molecule has 0 aromatic rings. The summed E-state index contributed by atoms with van der Waals surface area (Å²) in [6, 6.07) is 0. The predicted molar refractivity (Wildman–Crippen MR) is 47.7 cm³/mol. The van der Waals surface area contributed by atoms with Crippen LogP contribution in [0.3, 0.4) is 0 Å². The van der Waals surface area contributed by atoms with Gasteiger partial charge in [-0.15, -0.1) is 0 Å². The Hall–Kier alpha value is -0.330. The Labute approximate surface area is 64.6 Å². The summed E-state index contributed by atoms with van der Waals surface area (Å²) < 4.78 is 0. The van der Waals surface area contributed by atoms with Crippen molar-refractivity contribution in [2.75, 3.05) is 6.54 Å². The number of rotatable bonds is 3. The molecule has 0 fully saturated rings. The molecule has 0 N–H and O–H groups in total. The molecule has 0 aliphatic rings. The molecule has 0 aromatic heterocycles. The molecule has 0 bridgehead atoms. The van der Waals surface area contributed by atoms with Gasteiger partial charge >= 0.3 is 0 Å². The van der Waals surface area contributed by atoms with Crippen LogP contribution in [0, 0.1) is 5.41 Å². The van der Waals surface area contributed by atoms with Crippen molar-refractivity contribution >= 4 is 6.21 Å². The van der Waals surface area contributed by atoms with Gasteiger partial charge in [0, 0.05) is 6.54 Å². The van der Waals surface area contributed by atoms with E-state index in [1.807, 2.05) is 13.1 Å². The molecule has 1 heteroatoms. The summed E-state index contributed by atoms with van der Waals surface area (Å²) in [6.45, 7) is 9.76. The lowest BCUT2D eigenvalue weighted by Crippen LogP contribution is -2.04. The van der Waals surface area contributed by atoms with E-state index in [0.29, 0.717) is 5.41 Å². The first kappa shape index (κ1) is 9.67. The molecule has 60 valence electrons. The summed E-state index contributed by atoms with van der Waals surface area (Å²) in [7, 11) is 0. The van der Waals surface area contributed by atoms with Gasteiger partial charge in [0.15, 0.2) is 0 Å². The summed E-state index contributed by atoms with van der Waals surface area (Å²) in [6.07, 6.45) is 4.36. The van der Waals surface area contributed by atoms with Crippen molar-refractivity contribution in [2.24, 2.45) is 10.4 Å². The molecule has 0 spiro atoms. The standard InChI is InChI=1S/C9H19N/c1-5-10-8-6-7-9(2,3)4/h5H,6-8H2,1-4H3. The van der Waals surface area contributed by atoms with Crippen molar-refractivity contribution in [3.63, 3.8) is 0 Å². The van der Waals surface area contributed by atoms with E-state index in [1.54, 1.807) is 0 Å². The van der Waals surface area contributed by atoms with E-state index in [-0.39, 0.29) is 0 Å². The van der Waals surface area contributed by atoms with E-state index in [9.17, 15) is 0 Å². The molecule has 0 saturated heterocycles. The molecule has 0 rings (SSSR count). The number of nitrogens with zero attached hydrogens (tertiary/aromatic N) is 1. The highest BCUT2D eigenvalue weighted by molar-refractivity contribution is 5.53. The van der Waals surface area contributed by atoms with Crippen molar-refractivity contribution in [1.82, 2.24) is 0 Å². The van der Waals surface area contributed by atoms with Crippen molar-refractivity contribution in [1.29, 1.82) is 0 Å². The van der Waals surface area contributed by atoms with Crippen LogP contribution in [0.2, 0.25) is 0 Å².